The molecule has 222 valence electrons. The van der Waals surface area contributed by atoms with Gasteiger partial charge in [-0.25, -0.2) is 0 Å². The molecule has 0 aromatic heterocycles. The molecule has 3 heteroatoms. The summed E-state index contributed by atoms with van der Waals surface area (Å²) in [7, 11) is 0. The molecule has 0 fully saturated rings. The fourth-order valence-corrected chi connectivity index (χ4v) is 6.46. The van der Waals surface area contributed by atoms with Gasteiger partial charge in [-0.05, 0) is 52.3 Å². The van der Waals surface area contributed by atoms with E-state index in [1.807, 2.05) is 25.1 Å². The van der Waals surface area contributed by atoms with Gasteiger partial charge in [0, 0.05) is 16.5 Å². The minimum atomic E-state index is -0.431. The molecule has 5 rings (SSSR count). The van der Waals surface area contributed by atoms with Crippen molar-refractivity contribution in [2.75, 3.05) is 13.2 Å². The molecule has 0 aliphatic heterocycles. The van der Waals surface area contributed by atoms with E-state index >= 15 is 0 Å². The smallest absolute Gasteiger partial charge is 0.197 e. The normalized spacial score (nSPS) is 13.2. The van der Waals surface area contributed by atoms with Crippen molar-refractivity contribution >= 4 is 10.8 Å². The monoisotopic (exact) mass is 572 g/mol. The van der Waals surface area contributed by atoms with Gasteiger partial charge in [0.2, 0.25) is 0 Å². The predicted octanol–water partition coefficient (Wildman–Crippen LogP) is 10.8. The summed E-state index contributed by atoms with van der Waals surface area (Å²) in [6, 6.07) is 40.0. The molecule has 0 aliphatic rings. The highest BCUT2D eigenvalue weighted by molar-refractivity contribution is 5.91. The van der Waals surface area contributed by atoms with Gasteiger partial charge < -0.3 is 14.2 Å². The Kier molecular flexibility index (Phi) is 9.52. The summed E-state index contributed by atoms with van der Waals surface area (Å²) in [6.07, 6.45) is -0.431. The Hall–Kier alpha value is -4.08. The Bertz CT molecular complexity index is 1560. The fraction of sp³-hybridized carbons (Fsp3) is 0.300. The molecular formula is C40H44O3. The maximum Gasteiger partial charge on any atom is 0.197 e. The molecule has 0 radical (unpaired) electrons. The molecule has 0 saturated heterocycles. The molecule has 0 aliphatic carbocycles. The van der Waals surface area contributed by atoms with E-state index in [-0.39, 0.29) is 5.41 Å². The van der Waals surface area contributed by atoms with Crippen LogP contribution in [0.5, 0.6) is 11.5 Å². The molecule has 5 aromatic carbocycles. The van der Waals surface area contributed by atoms with Gasteiger partial charge in [0.1, 0.15) is 18.1 Å². The molecule has 0 N–H and O–H groups in total. The summed E-state index contributed by atoms with van der Waals surface area (Å²) in [6.45, 7) is 14.4. The first-order valence-corrected chi connectivity index (χ1v) is 15.4. The molecule has 0 heterocycles. The molecule has 2 atom stereocenters. The number of rotatable bonds is 11. The lowest BCUT2D eigenvalue weighted by Gasteiger charge is -2.35. The second kappa shape index (κ2) is 13.5. The molecule has 0 spiro atoms. The van der Waals surface area contributed by atoms with Gasteiger partial charge in [0.05, 0.1) is 6.61 Å². The molecule has 3 nitrogen and oxygen atoms in total. The van der Waals surface area contributed by atoms with Crippen LogP contribution in [0.2, 0.25) is 0 Å². The Morgan fingerprint density at radius 1 is 0.581 bits per heavy atom. The fourth-order valence-electron chi connectivity index (χ4n) is 6.46. The van der Waals surface area contributed by atoms with Crippen molar-refractivity contribution in [2.45, 2.75) is 53.8 Å². The van der Waals surface area contributed by atoms with Crippen LogP contribution in [-0.2, 0) is 4.74 Å². The van der Waals surface area contributed by atoms with Crippen molar-refractivity contribution in [1.29, 1.82) is 0 Å². The highest BCUT2D eigenvalue weighted by atomic mass is 16.7. The zero-order chi connectivity index (χ0) is 30.4. The maximum atomic E-state index is 6.46. The van der Waals surface area contributed by atoms with Gasteiger partial charge >= 0.3 is 0 Å². The van der Waals surface area contributed by atoms with E-state index in [4.69, 9.17) is 14.2 Å². The molecule has 2 unspecified atom stereocenters. The van der Waals surface area contributed by atoms with Crippen molar-refractivity contribution in [3.63, 3.8) is 0 Å². The number of para-hydroxylation sites is 1. The van der Waals surface area contributed by atoms with Crippen LogP contribution in [0.1, 0.15) is 53.0 Å². The van der Waals surface area contributed by atoms with E-state index in [1.165, 1.54) is 10.9 Å². The zero-order valence-electron chi connectivity index (χ0n) is 26.3. The summed E-state index contributed by atoms with van der Waals surface area (Å²) in [5.41, 5.74) is 5.89. The maximum absolute atomic E-state index is 6.46. The number of ether oxygens (including phenoxy) is 3. The van der Waals surface area contributed by atoms with Gasteiger partial charge in [-0.1, -0.05) is 144 Å². The zero-order valence-corrected chi connectivity index (χ0v) is 26.3. The van der Waals surface area contributed by atoms with Crippen LogP contribution in [0.25, 0.3) is 33.0 Å². The molecule has 0 saturated carbocycles. The first-order valence-electron chi connectivity index (χ1n) is 15.4. The molecular weight excluding hydrogens is 528 g/mol. The Morgan fingerprint density at radius 3 is 1.72 bits per heavy atom. The van der Waals surface area contributed by atoms with Gasteiger partial charge in [0.25, 0.3) is 0 Å². The summed E-state index contributed by atoms with van der Waals surface area (Å²) >= 11 is 0. The van der Waals surface area contributed by atoms with Crippen LogP contribution in [0.3, 0.4) is 0 Å². The lowest BCUT2D eigenvalue weighted by molar-refractivity contribution is -0.0731. The standard InChI is InChI=1S/C40H44O3/c1-28(2)38(40(4,5)6)36-24-14-23-35-34(36)22-15-25-37(35)43-29(3)41-26-27-42-39-32(30-16-9-7-10-17-30)20-13-21-33(39)31-18-11-8-12-19-31/h7-25,28-29,38H,26-27H2,1-6H3. The van der Waals surface area contributed by atoms with Gasteiger partial charge in [-0.3, -0.25) is 0 Å². The topological polar surface area (TPSA) is 27.7 Å². The Labute approximate surface area is 257 Å². The number of hydrogen-bond donors (Lipinski definition) is 0. The van der Waals surface area contributed by atoms with Crippen LogP contribution in [-0.4, -0.2) is 19.5 Å². The third-order valence-electron chi connectivity index (χ3n) is 8.01. The van der Waals surface area contributed by atoms with Crippen LogP contribution >= 0.6 is 0 Å². The SMILES string of the molecule is CC(OCCOc1c(-c2ccccc2)cccc1-c1ccccc1)Oc1cccc2c(C(C(C)C)C(C)(C)C)cccc12. The van der Waals surface area contributed by atoms with E-state index in [9.17, 15) is 0 Å². The molecule has 0 amide bonds. The molecule has 0 bridgehead atoms. The largest absolute Gasteiger partial charge is 0.490 e. The third kappa shape index (κ3) is 7.12. The van der Waals surface area contributed by atoms with Gasteiger partial charge in [-0.2, -0.15) is 0 Å². The van der Waals surface area contributed by atoms with E-state index in [2.05, 4.69) is 132 Å². The van der Waals surface area contributed by atoms with Crippen molar-refractivity contribution < 1.29 is 14.2 Å². The average Bonchev–Trinajstić information content (AvgIpc) is 3.00. The predicted molar refractivity (Wildman–Crippen MR) is 180 cm³/mol. The van der Waals surface area contributed by atoms with Gasteiger partial charge in [-0.15, -0.1) is 0 Å². The Balaban J connectivity index is 1.30. The first-order chi connectivity index (χ1) is 20.7. The summed E-state index contributed by atoms with van der Waals surface area (Å²) in [5.74, 6) is 2.64. The summed E-state index contributed by atoms with van der Waals surface area (Å²) in [5, 5.41) is 2.36. The Morgan fingerprint density at radius 2 is 1.14 bits per heavy atom. The number of benzene rings is 5. The van der Waals surface area contributed by atoms with Gasteiger partial charge in [0.15, 0.2) is 6.29 Å². The van der Waals surface area contributed by atoms with E-state index in [0.29, 0.717) is 25.0 Å². The second-order valence-corrected chi connectivity index (χ2v) is 12.6. The van der Waals surface area contributed by atoms with Crippen molar-refractivity contribution in [2.24, 2.45) is 11.3 Å². The minimum absolute atomic E-state index is 0.148. The van der Waals surface area contributed by atoms with E-state index in [0.717, 1.165) is 39.1 Å². The van der Waals surface area contributed by atoms with Crippen molar-refractivity contribution in [3.8, 4) is 33.8 Å². The number of fused-ring (bicyclic) bond motifs is 1. The van der Waals surface area contributed by atoms with Crippen LogP contribution < -0.4 is 9.47 Å². The molecule has 43 heavy (non-hydrogen) atoms. The molecule has 5 aromatic rings. The van der Waals surface area contributed by atoms with Crippen LogP contribution in [0.15, 0.2) is 115 Å². The third-order valence-corrected chi connectivity index (χ3v) is 8.01. The van der Waals surface area contributed by atoms with Crippen LogP contribution in [0, 0.1) is 11.3 Å². The number of hydrogen-bond acceptors (Lipinski definition) is 3. The quantitative estimate of drug-likeness (QED) is 0.116. The highest BCUT2D eigenvalue weighted by Crippen LogP contribution is 2.44. The second-order valence-electron chi connectivity index (χ2n) is 12.6. The summed E-state index contributed by atoms with van der Waals surface area (Å²) in [4.78, 5) is 0. The average molecular weight is 573 g/mol. The van der Waals surface area contributed by atoms with Crippen LogP contribution in [0.4, 0.5) is 0 Å². The lowest BCUT2D eigenvalue weighted by Crippen LogP contribution is -2.23. The van der Waals surface area contributed by atoms with Crippen molar-refractivity contribution in [1.82, 2.24) is 0 Å². The van der Waals surface area contributed by atoms with E-state index in [1.54, 1.807) is 0 Å². The van der Waals surface area contributed by atoms with Crippen molar-refractivity contribution in [3.05, 3.63) is 121 Å². The summed E-state index contributed by atoms with van der Waals surface area (Å²) < 4.78 is 19.0. The minimum Gasteiger partial charge on any atom is -0.490 e. The highest BCUT2D eigenvalue weighted by Gasteiger charge is 2.30. The lowest BCUT2D eigenvalue weighted by atomic mass is 9.69. The van der Waals surface area contributed by atoms with E-state index < -0.39 is 6.29 Å². The first kappa shape index (κ1) is 30.4.